The molecule has 37 heavy (non-hydrogen) atoms. The molecule has 4 N–H and O–H groups in total. The van der Waals surface area contributed by atoms with Crippen LogP contribution in [0.2, 0.25) is 0 Å². The van der Waals surface area contributed by atoms with Crippen molar-refractivity contribution in [3.8, 4) is 11.5 Å². The van der Waals surface area contributed by atoms with Crippen LogP contribution in [0.1, 0.15) is 55.2 Å². The zero-order chi connectivity index (χ0) is 25.4. The minimum absolute atomic E-state index is 0.00954. The number of phenols is 2. The molecule has 2 heterocycles. The van der Waals surface area contributed by atoms with Crippen molar-refractivity contribution in [3.63, 3.8) is 0 Å². The zero-order valence-corrected chi connectivity index (χ0v) is 20.6. The molecule has 3 spiro atoms. The molecule has 2 saturated heterocycles. The lowest BCUT2D eigenvalue weighted by Gasteiger charge is -2.63. The van der Waals surface area contributed by atoms with Crippen molar-refractivity contribution in [2.75, 3.05) is 13.1 Å². The summed E-state index contributed by atoms with van der Waals surface area (Å²) < 4.78 is 0. The van der Waals surface area contributed by atoms with E-state index >= 15 is 0 Å². The first-order chi connectivity index (χ1) is 17.7. The summed E-state index contributed by atoms with van der Waals surface area (Å²) in [4.78, 5) is 30.9. The molecule has 0 radical (unpaired) electrons. The lowest BCUT2D eigenvalue weighted by molar-refractivity contribution is -0.162. The van der Waals surface area contributed by atoms with Crippen molar-refractivity contribution in [1.29, 1.82) is 0 Å². The second-order valence-electron chi connectivity index (χ2n) is 12.6. The summed E-state index contributed by atoms with van der Waals surface area (Å²) in [5.41, 5.74) is -0.0675. The topological polar surface area (TPSA) is 113 Å². The number of carbonyl (C=O) groups is 2. The van der Waals surface area contributed by atoms with Gasteiger partial charge in [-0.3, -0.25) is 14.6 Å². The number of aliphatic hydroxyl groups is 1. The zero-order valence-electron chi connectivity index (χ0n) is 20.6. The van der Waals surface area contributed by atoms with Crippen molar-refractivity contribution >= 4 is 11.9 Å². The summed E-state index contributed by atoms with van der Waals surface area (Å²) in [7, 11) is 0. The number of benzene rings is 2. The quantitative estimate of drug-likeness (QED) is 0.479. The molecule has 8 rings (SSSR count). The molecule has 2 aliphatic heterocycles. The van der Waals surface area contributed by atoms with Gasteiger partial charge in [0.05, 0.1) is 18.2 Å². The summed E-state index contributed by atoms with van der Waals surface area (Å²) in [6, 6.07) is 11.7. The third kappa shape index (κ3) is 2.55. The number of likely N-dealkylation sites (tertiary alicyclic amines) is 1. The van der Waals surface area contributed by atoms with Gasteiger partial charge in [0, 0.05) is 23.9 Å². The number of carbonyl (C=O) groups excluding carboxylic acids is 2. The molecular weight excluding hydrogens is 470 g/mol. The number of hydrogen-bond donors (Lipinski definition) is 4. The first-order valence-electron chi connectivity index (χ1n) is 13.4. The molecule has 6 aliphatic rings. The van der Waals surface area contributed by atoms with E-state index in [4.69, 9.17) is 0 Å². The number of nitrogens with one attached hydrogen (secondary N) is 1. The average molecular weight is 502 g/mol. The van der Waals surface area contributed by atoms with Crippen LogP contribution in [0.3, 0.4) is 0 Å². The van der Waals surface area contributed by atoms with Gasteiger partial charge in [-0.1, -0.05) is 18.2 Å². The SMILES string of the molecule is O=C1N[C@]2(CC[C@@]3(O)[C@@H]4N(CC5CC5)CC45CC3(C2)c2cc(O)ccc25)C(=O)N1Cc1ccc(O)cc1. The minimum Gasteiger partial charge on any atom is -0.508 e. The second kappa shape index (κ2) is 6.66. The number of imide groups is 1. The molecule has 3 saturated carbocycles. The van der Waals surface area contributed by atoms with Gasteiger partial charge in [-0.25, -0.2) is 4.79 Å². The molecule has 2 unspecified atom stereocenters. The van der Waals surface area contributed by atoms with Gasteiger partial charge in [-0.05, 0) is 85.4 Å². The van der Waals surface area contributed by atoms with Gasteiger partial charge < -0.3 is 20.6 Å². The third-order valence-corrected chi connectivity index (χ3v) is 10.6. The number of phenolic OH excluding ortho intramolecular Hbond substituents is 2. The highest BCUT2D eigenvalue weighted by Gasteiger charge is 2.83. The van der Waals surface area contributed by atoms with Crippen molar-refractivity contribution in [2.45, 2.75) is 73.1 Å². The van der Waals surface area contributed by atoms with Crippen LogP contribution in [0, 0.1) is 5.92 Å². The predicted octanol–water partition coefficient (Wildman–Crippen LogP) is 2.49. The summed E-state index contributed by atoms with van der Waals surface area (Å²) in [6.45, 7) is 2.04. The first kappa shape index (κ1) is 21.9. The Morgan fingerprint density at radius 1 is 0.946 bits per heavy atom. The van der Waals surface area contributed by atoms with Gasteiger partial charge in [-0.2, -0.15) is 0 Å². The fraction of sp³-hybridized carbons (Fsp3) is 0.517. The Labute approximate surface area is 214 Å². The Hall–Kier alpha value is -3.10. The van der Waals surface area contributed by atoms with Crippen LogP contribution in [0.25, 0.3) is 0 Å². The summed E-state index contributed by atoms with van der Waals surface area (Å²) in [5, 5.41) is 35.7. The number of aromatic hydroxyl groups is 2. The fourth-order valence-corrected chi connectivity index (χ4v) is 9.05. The maximum Gasteiger partial charge on any atom is 0.325 e. The van der Waals surface area contributed by atoms with Gasteiger partial charge in [0.25, 0.3) is 5.91 Å². The average Bonchev–Trinajstić information content (AvgIpc) is 3.55. The molecule has 192 valence electrons. The number of nitrogens with zero attached hydrogens (tertiary/aromatic N) is 2. The number of amides is 3. The van der Waals surface area contributed by atoms with Crippen molar-refractivity contribution in [2.24, 2.45) is 5.92 Å². The standard InChI is InChI=1S/C29H31N3O5/c33-19-5-3-18(4-6-19)13-32-24(35)28(30-25(32)36)9-10-29(37)23-26(16-31(23)12-17-1-2-17)14-27(29,15-28)22-11-20(34)7-8-21(22)26/h3-8,11,17,23,33-34,37H,1-2,9-10,12-16H2,(H,30,36)/t23-,26?,27?,28+,29-/m1/s1. The summed E-state index contributed by atoms with van der Waals surface area (Å²) in [6.07, 6.45) is 4.40. The van der Waals surface area contributed by atoms with Crippen LogP contribution >= 0.6 is 0 Å². The van der Waals surface area contributed by atoms with Crippen molar-refractivity contribution < 1.29 is 24.9 Å². The second-order valence-corrected chi connectivity index (χ2v) is 12.6. The highest BCUT2D eigenvalue weighted by atomic mass is 16.3. The van der Waals surface area contributed by atoms with Crippen LogP contribution in [0.5, 0.6) is 11.5 Å². The monoisotopic (exact) mass is 501 g/mol. The van der Waals surface area contributed by atoms with E-state index in [1.54, 1.807) is 36.4 Å². The molecule has 2 bridgehead atoms. The molecule has 4 aliphatic carbocycles. The Bertz CT molecular complexity index is 1370. The summed E-state index contributed by atoms with van der Waals surface area (Å²) in [5.74, 6) is 0.764. The summed E-state index contributed by atoms with van der Waals surface area (Å²) >= 11 is 0. The normalized spacial score (nSPS) is 39.4. The number of rotatable bonds is 4. The molecular formula is C29H31N3O5. The van der Waals surface area contributed by atoms with Crippen molar-refractivity contribution in [1.82, 2.24) is 15.1 Å². The van der Waals surface area contributed by atoms with Crippen LogP contribution < -0.4 is 5.32 Å². The largest absolute Gasteiger partial charge is 0.508 e. The number of urea groups is 1. The number of fused-ring (bicyclic) bond motifs is 2. The maximum absolute atomic E-state index is 14.0. The maximum atomic E-state index is 14.0. The van der Waals surface area contributed by atoms with E-state index in [0.717, 1.165) is 36.6 Å². The lowest BCUT2D eigenvalue weighted by Crippen LogP contribution is -2.76. The van der Waals surface area contributed by atoms with Crippen LogP contribution in [0.15, 0.2) is 42.5 Å². The van der Waals surface area contributed by atoms with Crippen LogP contribution in [0.4, 0.5) is 4.79 Å². The van der Waals surface area contributed by atoms with Crippen LogP contribution in [-0.2, 0) is 22.2 Å². The molecule has 3 amide bonds. The smallest absolute Gasteiger partial charge is 0.325 e. The van der Waals surface area contributed by atoms with Crippen molar-refractivity contribution in [3.05, 3.63) is 59.2 Å². The predicted molar refractivity (Wildman–Crippen MR) is 133 cm³/mol. The first-order valence-corrected chi connectivity index (χ1v) is 13.4. The van der Waals surface area contributed by atoms with E-state index < -0.39 is 22.6 Å². The third-order valence-electron chi connectivity index (χ3n) is 10.6. The molecule has 8 nitrogen and oxygen atoms in total. The fourth-order valence-electron chi connectivity index (χ4n) is 9.05. The van der Waals surface area contributed by atoms with E-state index in [0.29, 0.717) is 19.3 Å². The molecule has 8 heteroatoms. The van der Waals surface area contributed by atoms with E-state index in [9.17, 15) is 24.9 Å². The Morgan fingerprint density at radius 2 is 1.70 bits per heavy atom. The van der Waals surface area contributed by atoms with E-state index in [1.165, 1.54) is 23.3 Å². The highest BCUT2D eigenvalue weighted by Crippen LogP contribution is 2.75. The number of hydrogen-bond acceptors (Lipinski definition) is 6. The minimum atomic E-state index is -1.08. The molecule has 5 fully saturated rings. The molecule has 2 aromatic carbocycles. The van der Waals surface area contributed by atoms with Crippen LogP contribution in [-0.4, -0.2) is 67.3 Å². The van der Waals surface area contributed by atoms with Gasteiger partial charge in [0.2, 0.25) is 0 Å². The van der Waals surface area contributed by atoms with Gasteiger partial charge in [-0.15, -0.1) is 0 Å². The van der Waals surface area contributed by atoms with Gasteiger partial charge >= 0.3 is 6.03 Å². The Balaban J connectivity index is 1.18. The molecule has 2 aromatic rings. The molecule has 0 aromatic heterocycles. The van der Waals surface area contributed by atoms with E-state index in [1.807, 2.05) is 6.07 Å². The Morgan fingerprint density at radius 3 is 2.46 bits per heavy atom. The van der Waals surface area contributed by atoms with E-state index in [2.05, 4.69) is 10.2 Å². The Kier molecular flexibility index (Phi) is 3.95. The molecule has 5 atom stereocenters. The van der Waals surface area contributed by atoms with Gasteiger partial charge in [0.1, 0.15) is 17.0 Å². The van der Waals surface area contributed by atoms with E-state index in [-0.39, 0.29) is 35.4 Å². The lowest BCUT2D eigenvalue weighted by atomic mass is 9.52. The van der Waals surface area contributed by atoms with Gasteiger partial charge in [0.15, 0.2) is 0 Å². The highest BCUT2D eigenvalue weighted by molar-refractivity contribution is 6.07.